The topological polar surface area (TPSA) is 110 Å². The van der Waals surface area contributed by atoms with Crippen LogP contribution in [-0.4, -0.2) is 26.4 Å². The number of halogens is 5. The lowest BCUT2D eigenvalue weighted by atomic mass is 10.2. The third kappa shape index (κ3) is 5.54. The predicted molar refractivity (Wildman–Crippen MR) is 117 cm³/mol. The summed E-state index contributed by atoms with van der Waals surface area (Å²) >= 11 is 11.6. The zero-order valence-corrected chi connectivity index (χ0v) is 19.9. The number of anilines is 2. The van der Waals surface area contributed by atoms with Gasteiger partial charge in [0.15, 0.2) is 5.03 Å². The maximum Gasteiger partial charge on any atom is 0.417 e. The third-order valence-corrected chi connectivity index (χ3v) is 7.65. The van der Waals surface area contributed by atoms with E-state index in [1.54, 1.807) is 7.05 Å². The molecule has 0 atom stereocenters. The van der Waals surface area contributed by atoms with E-state index >= 15 is 0 Å². The van der Waals surface area contributed by atoms with Gasteiger partial charge in [0.05, 0.1) is 33.2 Å². The van der Waals surface area contributed by atoms with Crippen molar-refractivity contribution < 1.29 is 30.0 Å². The van der Waals surface area contributed by atoms with Crippen molar-refractivity contribution in [2.24, 2.45) is 7.05 Å². The van der Waals surface area contributed by atoms with E-state index in [9.17, 15) is 30.0 Å². The molecule has 1 heterocycles. The summed E-state index contributed by atoms with van der Waals surface area (Å²) in [7, 11) is -7.27. The van der Waals surface area contributed by atoms with Gasteiger partial charge in [0.2, 0.25) is 0 Å². The molecular formula is C18H15Cl2F3N4O4S2. The van der Waals surface area contributed by atoms with Gasteiger partial charge in [0, 0.05) is 18.3 Å². The zero-order chi connectivity index (χ0) is 24.8. The van der Waals surface area contributed by atoms with Crippen molar-refractivity contribution in [2.45, 2.75) is 23.0 Å². The standard InChI is InChI=1S/C18H15Cl2F3N4O4S2/c1-10-5-15(16(7-14(10)20)26-33(30,31)17-8-27(2)9-24-17)25-32(28,29)11-3-4-13(19)12(6-11)18(21,22)23/h3-9,25-26H,1-2H3. The van der Waals surface area contributed by atoms with Crippen LogP contribution < -0.4 is 9.44 Å². The average Bonchev–Trinajstić information content (AvgIpc) is 3.12. The lowest BCUT2D eigenvalue weighted by Crippen LogP contribution is -2.18. The highest BCUT2D eigenvalue weighted by Crippen LogP contribution is 2.37. The van der Waals surface area contributed by atoms with Gasteiger partial charge in [-0.15, -0.1) is 0 Å². The number of nitrogens with zero attached hydrogens (tertiary/aromatic N) is 2. The lowest BCUT2D eigenvalue weighted by Gasteiger charge is -2.17. The summed E-state index contributed by atoms with van der Waals surface area (Å²) in [6.07, 6.45) is -2.42. The smallest absolute Gasteiger partial charge is 0.339 e. The molecule has 0 spiro atoms. The van der Waals surface area contributed by atoms with Crippen LogP contribution in [0.1, 0.15) is 11.1 Å². The molecule has 0 radical (unpaired) electrons. The van der Waals surface area contributed by atoms with Crippen LogP contribution in [0.5, 0.6) is 0 Å². The van der Waals surface area contributed by atoms with Crippen LogP contribution in [0.3, 0.4) is 0 Å². The van der Waals surface area contributed by atoms with Crippen molar-refractivity contribution >= 4 is 54.6 Å². The normalized spacial score (nSPS) is 12.6. The Morgan fingerprint density at radius 3 is 2.12 bits per heavy atom. The van der Waals surface area contributed by atoms with Crippen LogP contribution in [0.15, 0.2) is 52.8 Å². The van der Waals surface area contributed by atoms with E-state index in [1.807, 2.05) is 0 Å². The van der Waals surface area contributed by atoms with E-state index in [0.29, 0.717) is 11.6 Å². The average molecular weight is 543 g/mol. The highest BCUT2D eigenvalue weighted by molar-refractivity contribution is 7.93. The Hall–Kier alpha value is -2.48. The predicted octanol–water partition coefficient (Wildman–Crippen LogP) is 4.66. The number of imidazole rings is 1. The lowest BCUT2D eigenvalue weighted by molar-refractivity contribution is -0.137. The van der Waals surface area contributed by atoms with E-state index in [4.69, 9.17) is 23.2 Å². The van der Waals surface area contributed by atoms with Crippen LogP contribution in [0.25, 0.3) is 0 Å². The number of alkyl halides is 3. The van der Waals surface area contributed by atoms with Crippen molar-refractivity contribution in [1.82, 2.24) is 9.55 Å². The Labute approximate surface area is 197 Å². The molecule has 1 aromatic heterocycles. The number of hydrogen-bond donors (Lipinski definition) is 2. The summed E-state index contributed by atoms with van der Waals surface area (Å²) in [5.74, 6) is 0. The number of hydrogen-bond acceptors (Lipinski definition) is 5. The summed E-state index contributed by atoms with van der Waals surface area (Å²) in [5, 5.41) is -0.904. The Bertz CT molecular complexity index is 1440. The van der Waals surface area contributed by atoms with E-state index in [-0.39, 0.29) is 21.4 Å². The molecule has 178 valence electrons. The van der Waals surface area contributed by atoms with E-state index in [2.05, 4.69) is 14.4 Å². The first-order chi connectivity index (χ1) is 15.1. The molecule has 0 amide bonds. The Kier molecular flexibility index (Phi) is 6.63. The quantitative estimate of drug-likeness (QED) is 0.470. The van der Waals surface area contributed by atoms with Crippen LogP contribution in [0.2, 0.25) is 10.0 Å². The van der Waals surface area contributed by atoms with Gasteiger partial charge in [-0.3, -0.25) is 9.44 Å². The molecule has 33 heavy (non-hydrogen) atoms. The molecule has 0 aliphatic rings. The number of aryl methyl sites for hydroxylation is 2. The van der Waals surface area contributed by atoms with Gasteiger partial charge < -0.3 is 4.57 Å². The minimum Gasteiger partial charge on any atom is -0.339 e. The Morgan fingerprint density at radius 2 is 1.55 bits per heavy atom. The summed E-state index contributed by atoms with van der Waals surface area (Å²) in [4.78, 5) is 3.01. The van der Waals surface area contributed by atoms with Gasteiger partial charge in [-0.1, -0.05) is 23.2 Å². The molecule has 0 unspecified atom stereocenters. The summed E-state index contributed by atoms with van der Waals surface area (Å²) in [6.45, 7) is 1.53. The maximum atomic E-state index is 13.2. The van der Waals surface area contributed by atoms with Crippen molar-refractivity contribution in [3.63, 3.8) is 0 Å². The fraction of sp³-hybridized carbons (Fsp3) is 0.167. The molecule has 3 rings (SSSR count). The van der Waals surface area contributed by atoms with E-state index in [0.717, 1.165) is 18.2 Å². The molecule has 15 heteroatoms. The molecule has 0 bridgehead atoms. The van der Waals surface area contributed by atoms with Crippen molar-refractivity contribution in [3.05, 3.63) is 64.0 Å². The molecular weight excluding hydrogens is 528 g/mol. The molecule has 0 aliphatic heterocycles. The van der Waals surface area contributed by atoms with Crippen LogP contribution in [0.4, 0.5) is 24.5 Å². The monoisotopic (exact) mass is 542 g/mol. The van der Waals surface area contributed by atoms with Gasteiger partial charge in [-0.2, -0.15) is 21.6 Å². The molecule has 3 aromatic rings. The van der Waals surface area contributed by atoms with E-state index < -0.39 is 41.7 Å². The van der Waals surface area contributed by atoms with E-state index in [1.165, 1.54) is 30.1 Å². The van der Waals surface area contributed by atoms with Crippen molar-refractivity contribution in [1.29, 1.82) is 0 Å². The highest BCUT2D eigenvalue weighted by atomic mass is 35.5. The SMILES string of the molecule is Cc1cc(NS(=O)(=O)c2ccc(Cl)c(C(F)(F)F)c2)c(NS(=O)(=O)c2cn(C)cn2)cc1Cl. The van der Waals surface area contributed by atoms with Gasteiger partial charge in [0.25, 0.3) is 20.0 Å². The summed E-state index contributed by atoms with van der Waals surface area (Å²) in [6, 6.07) is 4.47. The first-order valence-corrected chi connectivity index (χ1v) is 12.5. The summed E-state index contributed by atoms with van der Waals surface area (Å²) in [5.41, 5.74) is -1.48. The minimum absolute atomic E-state index is 0.113. The fourth-order valence-corrected chi connectivity index (χ4v) is 5.21. The number of rotatable bonds is 6. The molecule has 0 saturated heterocycles. The zero-order valence-electron chi connectivity index (χ0n) is 16.8. The number of aromatic nitrogens is 2. The molecule has 0 fully saturated rings. The first-order valence-electron chi connectivity index (χ1n) is 8.80. The molecule has 2 aromatic carbocycles. The van der Waals surface area contributed by atoms with Gasteiger partial charge in [-0.05, 0) is 42.8 Å². The van der Waals surface area contributed by atoms with Crippen LogP contribution in [0, 0.1) is 6.92 Å². The third-order valence-electron chi connectivity index (χ3n) is 4.30. The first kappa shape index (κ1) is 25.1. The van der Waals surface area contributed by atoms with Gasteiger partial charge >= 0.3 is 6.18 Å². The van der Waals surface area contributed by atoms with Crippen LogP contribution in [-0.2, 0) is 33.3 Å². The molecule has 0 aliphatic carbocycles. The fourth-order valence-electron chi connectivity index (χ4n) is 2.67. The molecule has 0 saturated carbocycles. The van der Waals surface area contributed by atoms with Crippen molar-refractivity contribution in [2.75, 3.05) is 9.44 Å². The number of nitrogens with one attached hydrogen (secondary N) is 2. The minimum atomic E-state index is -4.89. The highest BCUT2D eigenvalue weighted by Gasteiger charge is 2.34. The number of sulfonamides is 2. The largest absolute Gasteiger partial charge is 0.417 e. The second-order valence-electron chi connectivity index (χ2n) is 6.87. The second-order valence-corrected chi connectivity index (χ2v) is 11.0. The van der Waals surface area contributed by atoms with Gasteiger partial charge in [0.1, 0.15) is 0 Å². The Morgan fingerprint density at radius 1 is 0.939 bits per heavy atom. The number of benzene rings is 2. The van der Waals surface area contributed by atoms with Gasteiger partial charge in [-0.25, -0.2) is 13.4 Å². The molecule has 8 nitrogen and oxygen atoms in total. The Balaban J connectivity index is 2.04. The van der Waals surface area contributed by atoms with Crippen LogP contribution >= 0.6 is 23.2 Å². The molecule has 2 N–H and O–H groups in total. The van der Waals surface area contributed by atoms with Crippen molar-refractivity contribution in [3.8, 4) is 0 Å². The maximum absolute atomic E-state index is 13.2. The second kappa shape index (κ2) is 8.70. The summed E-state index contributed by atoms with van der Waals surface area (Å²) < 4.78 is 96.1.